The van der Waals surface area contributed by atoms with E-state index in [1.165, 1.54) is 0 Å². The van der Waals surface area contributed by atoms with Crippen LogP contribution in [0, 0.1) is 4.77 Å². The molecule has 0 saturated heterocycles. The van der Waals surface area contributed by atoms with Crippen LogP contribution in [0.4, 0.5) is 0 Å². The summed E-state index contributed by atoms with van der Waals surface area (Å²) in [7, 11) is 0. The maximum absolute atomic E-state index is 5.34. The van der Waals surface area contributed by atoms with Gasteiger partial charge in [0, 0.05) is 24.2 Å². The second-order valence-corrected chi connectivity index (χ2v) is 5.10. The third-order valence-electron chi connectivity index (χ3n) is 2.61. The summed E-state index contributed by atoms with van der Waals surface area (Å²) in [6.45, 7) is 4.45. The van der Waals surface area contributed by atoms with E-state index >= 15 is 0 Å². The summed E-state index contributed by atoms with van der Waals surface area (Å²) in [6.07, 6.45) is 0.977. The second kappa shape index (κ2) is 5.80. The third kappa shape index (κ3) is 2.97. The maximum atomic E-state index is 5.34. The number of aryl methyl sites for hydroxylation is 1. The first-order chi connectivity index (χ1) is 8.22. The van der Waals surface area contributed by atoms with Crippen LogP contribution >= 0.6 is 28.1 Å². The van der Waals surface area contributed by atoms with Gasteiger partial charge in [0.25, 0.3) is 0 Å². The first-order valence-corrected chi connectivity index (χ1v) is 6.88. The van der Waals surface area contributed by atoms with Gasteiger partial charge in [0.1, 0.15) is 0 Å². The van der Waals surface area contributed by atoms with Crippen molar-refractivity contribution in [1.29, 1.82) is 0 Å². The maximum Gasteiger partial charge on any atom is 0.178 e. The summed E-state index contributed by atoms with van der Waals surface area (Å²) in [4.78, 5) is 3.22. The number of hydrogen-bond donors (Lipinski definition) is 1. The predicted octanol–water partition coefficient (Wildman–Crippen LogP) is 3.89. The van der Waals surface area contributed by atoms with Gasteiger partial charge in [-0.3, -0.25) is 0 Å². The molecule has 0 amide bonds. The number of nitrogens with zero attached hydrogens (tertiary/aromatic N) is 1. The minimum atomic E-state index is 0.770. The Bertz CT molecular complexity index is 561. The summed E-state index contributed by atoms with van der Waals surface area (Å²) in [5.41, 5.74) is 2.22. The number of fused-ring (bicyclic) bond motifs is 1. The molecule has 0 aliphatic rings. The van der Waals surface area contributed by atoms with Crippen molar-refractivity contribution in [1.82, 2.24) is 9.55 Å². The van der Waals surface area contributed by atoms with Crippen molar-refractivity contribution in [3.63, 3.8) is 0 Å². The van der Waals surface area contributed by atoms with Gasteiger partial charge >= 0.3 is 0 Å². The van der Waals surface area contributed by atoms with Gasteiger partial charge in [-0.05, 0) is 43.8 Å². The number of benzene rings is 1. The fraction of sp³-hybridized carbons (Fsp3) is 0.417. The van der Waals surface area contributed by atoms with Crippen LogP contribution in [-0.4, -0.2) is 22.8 Å². The van der Waals surface area contributed by atoms with E-state index in [1.807, 2.05) is 19.1 Å². The normalized spacial score (nSPS) is 11.2. The molecule has 17 heavy (non-hydrogen) atoms. The van der Waals surface area contributed by atoms with Gasteiger partial charge in [-0.2, -0.15) is 0 Å². The Hall–Kier alpha value is -0.650. The lowest BCUT2D eigenvalue weighted by molar-refractivity contribution is 0.142. The number of rotatable bonds is 5. The lowest BCUT2D eigenvalue weighted by Gasteiger charge is -2.04. The zero-order chi connectivity index (χ0) is 12.3. The topological polar surface area (TPSA) is 29.9 Å². The van der Waals surface area contributed by atoms with Crippen LogP contribution in [0.3, 0.4) is 0 Å². The Morgan fingerprint density at radius 2 is 2.29 bits per heavy atom. The largest absolute Gasteiger partial charge is 0.382 e. The van der Waals surface area contributed by atoms with E-state index in [0.717, 1.165) is 46.5 Å². The van der Waals surface area contributed by atoms with Crippen molar-refractivity contribution in [2.45, 2.75) is 19.9 Å². The van der Waals surface area contributed by atoms with Gasteiger partial charge in [-0.25, -0.2) is 0 Å². The number of aromatic amines is 1. The number of halogens is 1. The highest BCUT2D eigenvalue weighted by Gasteiger charge is 2.04. The molecule has 1 aromatic carbocycles. The molecule has 0 aliphatic carbocycles. The molecule has 0 fully saturated rings. The molecule has 2 rings (SSSR count). The number of ether oxygens (including phenoxy) is 1. The fourth-order valence-electron chi connectivity index (χ4n) is 1.83. The van der Waals surface area contributed by atoms with Gasteiger partial charge in [0.05, 0.1) is 11.0 Å². The van der Waals surface area contributed by atoms with Gasteiger partial charge in [0.15, 0.2) is 4.77 Å². The number of aromatic nitrogens is 2. The Balaban J connectivity index is 2.21. The molecule has 1 heterocycles. The van der Waals surface area contributed by atoms with Crippen LogP contribution in [0.15, 0.2) is 22.7 Å². The Labute approximate surface area is 114 Å². The summed E-state index contributed by atoms with van der Waals surface area (Å²) in [5.74, 6) is 0. The van der Waals surface area contributed by atoms with E-state index in [4.69, 9.17) is 17.0 Å². The average molecular weight is 315 g/mol. The third-order valence-corrected chi connectivity index (χ3v) is 3.43. The van der Waals surface area contributed by atoms with Crippen LogP contribution in [0.5, 0.6) is 0 Å². The van der Waals surface area contributed by atoms with E-state index in [0.29, 0.717) is 0 Å². The van der Waals surface area contributed by atoms with E-state index in [9.17, 15) is 0 Å². The molecule has 92 valence electrons. The summed E-state index contributed by atoms with van der Waals surface area (Å²) >= 11 is 8.78. The molecule has 0 spiro atoms. The summed E-state index contributed by atoms with van der Waals surface area (Å²) in [6, 6.07) is 6.15. The van der Waals surface area contributed by atoms with E-state index < -0.39 is 0 Å². The Morgan fingerprint density at radius 1 is 1.47 bits per heavy atom. The predicted molar refractivity (Wildman–Crippen MR) is 75.9 cm³/mol. The highest BCUT2D eigenvalue weighted by atomic mass is 79.9. The van der Waals surface area contributed by atoms with Crippen molar-refractivity contribution in [2.24, 2.45) is 0 Å². The number of H-pyrrole nitrogens is 1. The quantitative estimate of drug-likeness (QED) is 0.670. The molecule has 2 aromatic rings. The molecule has 5 heteroatoms. The molecule has 0 aliphatic heterocycles. The van der Waals surface area contributed by atoms with Crippen molar-refractivity contribution in [3.05, 3.63) is 27.4 Å². The highest BCUT2D eigenvalue weighted by molar-refractivity contribution is 9.10. The van der Waals surface area contributed by atoms with Crippen molar-refractivity contribution < 1.29 is 4.74 Å². The van der Waals surface area contributed by atoms with E-state index in [2.05, 4.69) is 31.5 Å². The molecular weight excluding hydrogens is 300 g/mol. The SMILES string of the molecule is CCOCCCn1c(=S)[nH]c2cc(Br)ccc21. The lowest BCUT2D eigenvalue weighted by Crippen LogP contribution is -2.02. The molecule has 0 radical (unpaired) electrons. The first-order valence-electron chi connectivity index (χ1n) is 5.68. The van der Waals surface area contributed by atoms with Gasteiger partial charge < -0.3 is 14.3 Å². The van der Waals surface area contributed by atoms with Gasteiger partial charge in [0.2, 0.25) is 0 Å². The minimum absolute atomic E-state index is 0.770. The monoisotopic (exact) mass is 314 g/mol. The molecule has 0 bridgehead atoms. The number of hydrogen-bond acceptors (Lipinski definition) is 2. The minimum Gasteiger partial charge on any atom is -0.382 e. The molecule has 3 nitrogen and oxygen atoms in total. The van der Waals surface area contributed by atoms with Crippen molar-refractivity contribution >= 4 is 39.2 Å². The van der Waals surface area contributed by atoms with Gasteiger partial charge in [-0.1, -0.05) is 15.9 Å². The molecule has 0 atom stereocenters. The standard InChI is InChI=1S/C12H15BrN2OS/c1-2-16-7-3-6-15-11-5-4-9(13)8-10(11)14-12(15)17/h4-5,8H,2-3,6-7H2,1H3,(H,14,17). The smallest absolute Gasteiger partial charge is 0.178 e. The van der Waals surface area contributed by atoms with Crippen molar-refractivity contribution in [3.8, 4) is 0 Å². The number of nitrogens with one attached hydrogen (secondary N) is 1. The lowest BCUT2D eigenvalue weighted by atomic mass is 10.3. The first kappa shape index (κ1) is 12.8. The van der Waals surface area contributed by atoms with E-state index in [-0.39, 0.29) is 0 Å². The zero-order valence-corrected chi connectivity index (χ0v) is 12.1. The van der Waals surface area contributed by atoms with Crippen molar-refractivity contribution in [2.75, 3.05) is 13.2 Å². The highest BCUT2D eigenvalue weighted by Crippen LogP contribution is 2.19. The van der Waals surface area contributed by atoms with Crippen LogP contribution in [-0.2, 0) is 11.3 Å². The van der Waals surface area contributed by atoms with E-state index in [1.54, 1.807) is 0 Å². The molecule has 0 saturated carbocycles. The molecule has 0 unspecified atom stereocenters. The Kier molecular flexibility index (Phi) is 4.36. The zero-order valence-electron chi connectivity index (χ0n) is 9.70. The summed E-state index contributed by atoms with van der Waals surface area (Å²) in [5, 5.41) is 0. The second-order valence-electron chi connectivity index (χ2n) is 3.79. The Morgan fingerprint density at radius 3 is 3.06 bits per heavy atom. The van der Waals surface area contributed by atoms with Crippen LogP contribution in [0.2, 0.25) is 0 Å². The fourth-order valence-corrected chi connectivity index (χ4v) is 2.49. The van der Waals surface area contributed by atoms with Crippen LogP contribution < -0.4 is 0 Å². The molecule has 1 N–H and O–H groups in total. The van der Waals surface area contributed by atoms with Crippen LogP contribution in [0.1, 0.15) is 13.3 Å². The number of imidazole rings is 1. The van der Waals surface area contributed by atoms with Crippen LogP contribution in [0.25, 0.3) is 11.0 Å². The molecule has 1 aromatic heterocycles. The summed E-state index contributed by atoms with van der Waals surface area (Å²) < 4.78 is 9.29. The average Bonchev–Trinajstić information content (AvgIpc) is 2.60. The van der Waals surface area contributed by atoms with Gasteiger partial charge in [-0.15, -0.1) is 0 Å². The molecular formula is C12H15BrN2OS.